The van der Waals surface area contributed by atoms with Gasteiger partial charge in [0.15, 0.2) is 0 Å². The quantitative estimate of drug-likeness (QED) is 0.609. The first-order valence-electron chi connectivity index (χ1n) is 10.2. The molecule has 34 heavy (non-hydrogen) atoms. The van der Waals surface area contributed by atoms with E-state index < -0.39 is 12.1 Å². The predicted octanol–water partition coefficient (Wildman–Crippen LogP) is 1.94. The predicted molar refractivity (Wildman–Crippen MR) is 111 cm³/mol. The van der Waals surface area contributed by atoms with Crippen LogP contribution in [-0.4, -0.2) is 76.4 Å². The van der Waals surface area contributed by atoms with E-state index in [1.807, 2.05) is 0 Å². The standard InChI is InChI=1S/C20H21N3O4.C2HF3O2/c24-16-5-1-3-13(7-16)20(26)23-10-17-15(12-27-18(17)11-23)9-22-19(25)14-4-2-6-21-8-14;3-2(4,5)1(6)7/h1-8,15,17-18,24H,9-12H2,(H,22,25);(H,6,7)/t15-,17-,18-;/m1./s1. The fourth-order valence-corrected chi connectivity index (χ4v) is 3.82. The summed E-state index contributed by atoms with van der Waals surface area (Å²) >= 11 is 0. The van der Waals surface area contributed by atoms with Gasteiger partial charge in [0.05, 0.1) is 18.3 Å². The fraction of sp³-hybridized carbons (Fsp3) is 0.364. The normalized spacial score (nSPS) is 21.3. The van der Waals surface area contributed by atoms with Gasteiger partial charge in [-0.3, -0.25) is 14.6 Å². The van der Waals surface area contributed by atoms with Gasteiger partial charge in [-0.1, -0.05) is 6.07 Å². The number of aromatic hydroxyl groups is 1. The number of phenols is 1. The van der Waals surface area contributed by atoms with Crippen LogP contribution in [0.25, 0.3) is 0 Å². The third-order valence-corrected chi connectivity index (χ3v) is 5.51. The van der Waals surface area contributed by atoms with E-state index in [9.17, 15) is 27.9 Å². The van der Waals surface area contributed by atoms with Gasteiger partial charge in [-0.25, -0.2) is 4.79 Å². The molecule has 1 aromatic heterocycles. The Bertz CT molecular complexity index is 1030. The van der Waals surface area contributed by atoms with Crippen LogP contribution in [-0.2, 0) is 9.53 Å². The van der Waals surface area contributed by atoms with Crippen LogP contribution in [0.3, 0.4) is 0 Å². The van der Waals surface area contributed by atoms with Crippen LogP contribution in [0, 0.1) is 11.8 Å². The Labute approximate surface area is 192 Å². The van der Waals surface area contributed by atoms with Crippen molar-refractivity contribution in [3.8, 4) is 5.75 Å². The molecular formula is C22H22F3N3O6. The first-order chi connectivity index (χ1) is 16.1. The second kappa shape index (κ2) is 10.5. The van der Waals surface area contributed by atoms with Crippen LogP contribution in [0.2, 0.25) is 0 Å². The molecule has 0 spiro atoms. The maximum Gasteiger partial charge on any atom is 0.490 e. The second-order valence-electron chi connectivity index (χ2n) is 7.81. The average Bonchev–Trinajstić information content (AvgIpc) is 3.38. The zero-order chi connectivity index (χ0) is 24.9. The van der Waals surface area contributed by atoms with Crippen molar-refractivity contribution in [1.82, 2.24) is 15.2 Å². The first kappa shape index (κ1) is 25.0. The SMILES string of the molecule is O=C(NC[C@@H]1CO[C@@H]2CN(C(=O)c3cccc(O)c3)C[C@H]12)c1cccnc1.O=C(O)C(F)(F)F. The van der Waals surface area contributed by atoms with Gasteiger partial charge in [0.1, 0.15) is 5.75 Å². The molecule has 2 aliphatic heterocycles. The van der Waals surface area contributed by atoms with E-state index in [0.717, 1.165) is 0 Å². The third-order valence-electron chi connectivity index (χ3n) is 5.51. The van der Waals surface area contributed by atoms with Gasteiger partial charge < -0.3 is 25.2 Å². The molecular weight excluding hydrogens is 459 g/mol. The number of hydrogen-bond acceptors (Lipinski definition) is 6. The molecule has 0 bridgehead atoms. The summed E-state index contributed by atoms with van der Waals surface area (Å²) in [5.41, 5.74) is 0.997. The van der Waals surface area contributed by atoms with Crippen LogP contribution >= 0.6 is 0 Å². The molecule has 2 saturated heterocycles. The van der Waals surface area contributed by atoms with Crippen molar-refractivity contribution < 1.29 is 42.5 Å². The van der Waals surface area contributed by atoms with Gasteiger partial charge in [0, 0.05) is 49.4 Å². The van der Waals surface area contributed by atoms with E-state index in [1.54, 1.807) is 41.4 Å². The lowest BCUT2D eigenvalue weighted by molar-refractivity contribution is -0.192. The fourth-order valence-electron chi connectivity index (χ4n) is 3.82. The number of fused-ring (bicyclic) bond motifs is 1. The zero-order valence-electron chi connectivity index (χ0n) is 17.7. The molecule has 2 fully saturated rings. The summed E-state index contributed by atoms with van der Waals surface area (Å²) in [5.74, 6) is -2.59. The first-order valence-corrected chi connectivity index (χ1v) is 10.2. The van der Waals surface area contributed by atoms with Gasteiger partial charge in [0.25, 0.3) is 11.8 Å². The smallest absolute Gasteiger partial charge is 0.490 e. The number of pyridine rings is 1. The lowest BCUT2D eigenvalue weighted by Crippen LogP contribution is -2.35. The summed E-state index contributed by atoms with van der Waals surface area (Å²) in [6.07, 6.45) is -1.93. The largest absolute Gasteiger partial charge is 0.508 e. The number of rotatable bonds is 4. The molecule has 2 amide bonds. The molecule has 0 radical (unpaired) electrons. The van der Waals surface area contributed by atoms with Gasteiger partial charge in [0.2, 0.25) is 0 Å². The molecule has 0 saturated carbocycles. The Morgan fingerprint density at radius 2 is 1.85 bits per heavy atom. The van der Waals surface area contributed by atoms with Gasteiger partial charge >= 0.3 is 12.1 Å². The second-order valence-corrected chi connectivity index (χ2v) is 7.81. The molecule has 182 valence electrons. The van der Waals surface area contributed by atoms with E-state index in [-0.39, 0.29) is 35.5 Å². The van der Waals surface area contributed by atoms with E-state index in [4.69, 9.17) is 14.6 Å². The highest BCUT2D eigenvalue weighted by Crippen LogP contribution is 2.34. The monoisotopic (exact) mass is 481 g/mol. The summed E-state index contributed by atoms with van der Waals surface area (Å²) in [6.45, 7) is 2.21. The number of nitrogens with one attached hydrogen (secondary N) is 1. The highest BCUT2D eigenvalue weighted by molar-refractivity contribution is 5.95. The summed E-state index contributed by atoms with van der Waals surface area (Å²) in [4.78, 5) is 39.5. The number of hydrogen-bond donors (Lipinski definition) is 3. The lowest BCUT2D eigenvalue weighted by Gasteiger charge is -2.20. The lowest BCUT2D eigenvalue weighted by atomic mass is 9.93. The topological polar surface area (TPSA) is 129 Å². The van der Waals surface area contributed by atoms with Gasteiger partial charge in [-0.2, -0.15) is 13.2 Å². The zero-order valence-corrected chi connectivity index (χ0v) is 17.7. The molecule has 9 nitrogen and oxygen atoms in total. The number of nitrogens with zero attached hydrogens (tertiary/aromatic N) is 2. The summed E-state index contributed by atoms with van der Waals surface area (Å²) in [6, 6.07) is 9.82. The van der Waals surface area contributed by atoms with Crippen molar-refractivity contribution in [3.05, 3.63) is 59.9 Å². The average molecular weight is 481 g/mol. The molecule has 4 rings (SSSR count). The number of aromatic nitrogens is 1. The number of phenolic OH excluding ortho intramolecular Hbond substituents is 1. The molecule has 3 heterocycles. The van der Waals surface area contributed by atoms with Crippen molar-refractivity contribution in [2.75, 3.05) is 26.2 Å². The van der Waals surface area contributed by atoms with Crippen molar-refractivity contribution >= 4 is 17.8 Å². The number of carbonyl (C=O) groups excluding carboxylic acids is 2. The van der Waals surface area contributed by atoms with Crippen molar-refractivity contribution in [1.29, 1.82) is 0 Å². The summed E-state index contributed by atoms with van der Waals surface area (Å²) < 4.78 is 37.6. The minimum Gasteiger partial charge on any atom is -0.508 e. The highest BCUT2D eigenvalue weighted by atomic mass is 19.4. The number of halogens is 3. The number of likely N-dealkylation sites (tertiary alicyclic amines) is 1. The number of amides is 2. The number of carboxylic acids is 1. The molecule has 0 unspecified atom stereocenters. The van der Waals surface area contributed by atoms with Gasteiger partial charge in [-0.15, -0.1) is 0 Å². The molecule has 3 N–H and O–H groups in total. The maximum absolute atomic E-state index is 12.7. The number of benzene rings is 1. The van der Waals surface area contributed by atoms with Gasteiger partial charge in [-0.05, 0) is 30.3 Å². The van der Waals surface area contributed by atoms with Crippen molar-refractivity contribution in [2.45, 2.75) is 12.3 Å². The van der Waals surface area contributed by atoms with Crippen LogP contribution < -0.4 is 5.32 Å². The molecule has 2 aliphatic rings. The number of alkyl halides is 3. The Balaban J connectivity index is 0.000000406. The maximum atomic E-state index is 12.7. The van der Waals surface area contributed by atoms with E-state index >= 15 is 0 Å². The number of ether oxygens (including phenoxy) is 1. The van der Waals surface area contributed by atoms with Crippen LogP contribution in [0.4, 0.5) is 13.2 Å². The number of aliphatic carboxylic acids is 1. The number of carbonyl (C=O) groups is 3. The molecule has 3 atom stereocenters. The highest BCUT2D eigenvalue weighted by Gasteiger charge is 2.45. The molecule has 12 heteroatoms. The number of carboxylic acid groups (broad SMARTS) is 1. The van der Waals surface area contributed by atoms with Crippen LogP contribution in [0.5, 0.6) is 5.75 Å². The molecule has 2 aromatic rings. The Morgan fingerprint density at radius 3 is 2.47 bits per heavy atom. The third kappa shape index (κ3) is 6.22. The van der Waals surface area contributed by atoms with Crippen molar-refractivity contribution in [3.63, 3.8) is 0 Å². The van der Waals surface area contributed by atoms with Crippen molar-refractivity contribution in [2.24, 2.45) is 11.8 Å². The Morgan fingerprint density at radius 1 is 1.15 bits per heavy atom. The molecule has 0 aliphatic carbocycles. The molecule has 1 aromatic carbocycles. The minimum absolute atomic E-state index is 0.00782. The summed E-state index contributed by atoms with van der Waals surface area (Å²) in [7, 11) is 0. The van der Waals surface area contributed by atoms with E-state index in [0.29, 0.717) is 37.4 Å². The van der Waals surface area contributed by atoms with E-state index in [2.05, 4.69) is 10.3 Å². The Hall–Kier alpha value is -3.67. The van der Waals surface area contributed by atoms with E-state index in [1.165, 1.54) is 12.3 Å². The minimum atomic E-state index is -5.08. The van der Waals surface area contributed by atoms with Crippen LogP contribution in [0.15, 0.2) is 48.8 Å². The van der Waals surface area contributed by atoms with Crippen LogP contribution in [0.1, 0.15) is 20.7 Å². The summed E-state index contributed by atoms with van der Waals surface area (Å²) in [5, 5.41) is 19.7. The Kier molecular flexibility index (Phi) is 7.72.